The first-order chi connectivity index (χ1) is 10.0. The lowest BCUT2D eigenvalue weighted by Gasteiger charge is -2.16. The summed E-state index contributed by atoms with van der Waals surface area (Å²) >= 11 is 5.93. The van der Waals surface area contributed by atoms with Crippen molar-refractivity contribution >= 4 is 23.6 Å². The van der Waals surface area contributed by atoms with Crippen LogP contribution in [-0.4, -0.2) is 42.6 Å². The molecule has 2 amide bonds. The lowest BCUT2D eigenvalue weighted by atomic mass is 10.1. The number of hydrogen-bond acceptors (Lipinski definition) is 3. The molecule has 0 bridgehead atoms. The van der Waals surface area contributed by atoms with Crippen LogP contribution < -0.4 is 5.32 Å². The van der Waals surface area contributed by atoms with Crippen LogP contribution in [0.4, 0.5) is 4.79 Å². The predicted molar refractivity (Wildman–Crippen MR) is 80.3 cm³/mol. The van der Waals surface area contributed by atoms with Gasteiger partial charge in [0.05, 0.1) is 6.54 Å². The predicted octanol–water partition coefficient (Wildman–Crippen LogP) is 2.23. The second-order valence-electron chi connectivity index (χ2n) is 5.15. The highest BCUT2D eigenvalue weighted by atomic mass is 35.5. The van der Waals surface area contributed by atoms with Crippen LogP contribution in [0.15, 0.2) is 24.3 Å². The summed E-state index contributed by atoms with van der Waals surface area (Å²) in [5, 5.41) is 3.62. The molecule has 1 aromatic carbocycles. The van der Waals surface area contributed by atoms with Gasteiger partial charge in [0.1, 0.15) is 6.61 Å². The van der Waals surface area contributed by atoms with E-state index >= 15 is 0 Å². The monoisotopic (exact) mass is 310 g/mol. The van der Waals surface area contributed by atoms with Gasteiger partial charge in [0.25, 0.3) is 0 Å². The van der Waals surface area contributed by atoms with Crippen LogP contribution in [0.25, 0.3) is 0 Å². The van der Waals surface area contributed by atoms with Crippen molar-refractivity contribution in [3.05, 3.63) is 34.9 Å². The summed E-state index contributed by atoms with van der Waals surface area (Å²) in [5.41, 5.74) is 1.08. The van der Waals surface area contributed by atoms with Crippen molar-refractivity contribution in [2.75, 3.05) is 19.7 Å². The molecule has 1 aromatic rings. The summed E-state index contributed by atoms with van der Waals surface area (Å²) in [7, 11) is 0. The number of hydrogen-bond donors (Lipinski definition) is 1. The summed E-state index contributed by atoms with van der Waals surface area (Å²) in [6.45, 7) is 3.31. The van der Waals surface area contributed by atoms with Gasteiger partial charge in [0.2, 0.25) is 5.91 Å². The maximum absolute atomic E-state index is 11.9. The smallest absolute Gasteiger partial charge is 0.409 e. The molecule has 6 heteroatoms. The molecule has 0 aliphatic carbocycles. The van der Waals surface area contributed by atoms with Crippen molar-refractivity contribution in [2.45, 2.75) is 25.8 Å². The minimum Gasteiger partial charge on any atom is -0.448 e. The molecule has 1 aliphatic rings. The number of halogens is 1. The molecule has 2 rings (SSSR count). The summed E-state index contributed by atoms with van der Waals surface area (Å²) in [5.74, 6) is -0.0655. The molecule has 0 radical (unpaired) electrons. The van der Waals surface area contributed by atoms with E-state index in [2.05, 4.69) is 5.32 Å². The summed E-state index contributed by atoms with van der Waals surface area (Å²) < 4.78 is 4.81. The van der Waals surface area contributed by atoms with E-state index in [4.69, 9.17) is 16.3 Å². The molecule has 114 valence electrons. The standard InChI is InChI=1S/C15H19ClN2O3/c1-11(9-12-3-2-4-13(16)10-12)17-14(19)5-6-18-7-8-21-15(18)20/h2-4,10-11H,5-9H2,1H3,(H,17,19)/t11-/m1/s1. The molecule has 0 spiro atoms. The molecule has 0 unspecified atom stereocenters. The molecule has 1 saturated heterocycles. The summed E-state index contributed by atoms with van der Waals surface area (Å²) in [6, 6.07) is 7.61. The van der Waals surface area contributed by atoms with Gasteiger partial charge in [0, 0.05) is 24.0 Å². The number of carbonyl (C=O) groups excluding carboxylic acids is 2. The van der Waals surface area contributed by atoms with Crippen molar-refractivity contribution in [3.8, 4) is 0 Å². The van der Waals surface area contributed by atoms with Gasteiger partial charge in [-0.05, 0) is 31.0 Å². The van der Waals surface area contributed by atoms with E-state index in [-0.39, 0.29) is 24.5 Å². The second-order valence-corrected chi connectivity index (χ2v) is 5.59. The van der Waals surface area contributed by atoms with Crippen molar-refractivity contribution < 1.29 is 14.3 Å². The molecule has 0 aromatic heterocycles. The Morgan fingerprint density at radius 3 is 3.00 bits per heavy atom. The van der Waals surface area contributed by atoms with E-state index in [1.165, 1.54) is 0 Å². The van der Waals surface area contributed by atoms with Crippen molar-refractivity contribution in [1.82, 2.24) is 10.2 Å². The van der Waals surface area contributed by atoms with Crippen molar-refractivity contribution in [2.24, 2.45) is 0 Å². The van der Waals surface area contributed by atoms with Crippen LogP contribution in [-0.2, 0) is 16.0 Å². The van der Waals surface area contributed by atoms with Crippen LogP contribution in [0.5, 0.6) is 0 Å². The van der Waals surface area contributed by atoms with Crippen LogP contribution in [0.3, 0.4) is 0 Å². The maximum atomic E-state index is 11.9. The van der Waals surface area contributed by atoms with E-state index in [0.29, 0.717) is 24.7 Å². The quantitative estimate of drug-likeness (QED) is 0.876. The lowest BCUT2D eigenvalue weighted by molar-refractivity contribution is -0.121. The average molecular weight is 311 g/mol. The lowest BCUT2D eigenvalue weighted by Crippen LogP contribution is -2.36. The van der Waals surface area contributed by atoms with Crippen LogP contribution in [0.2, 0.25) is 5.02 Å². The molecule has 1 fully saturated rings. The number of rotatable bonds is 6. The van der Waals surface area contributed by atoms with Gasteiger partial charge >= 0.3 is 6.09 Å². The number of ether oxygens (including phenoxy) is 1. The Bertz CT molecular complexity index is 521. The Labute approximate surface area is 129 Å². The normalized spacial score (nSPS) is 15.7. The Morgan fingerprint density at radius 2 is 2.33 bits per heavy atom. The van der Waals surface area contributed by atoms with Gasteiger partial charge < -0.3 is 15.0 Å². The summed E-state index contributed by atoms with van der Waals surface area (Å²) in [6.07, 6.45) is 0.669. The van der Waals surface area contributed by atoms with Crippen LogP contribution in [0.1, 0.15) is 18.9 Å². The minimum atomic E-state index is -0.338. The SMILES string of the molecule is C[C@H](Cc1cccc(Cl)c1)NC(=O)CCN1CCOC1=O. The highest BCUT2D eigenvalue weighted by molar-refractivity contribution is 6.30. The van der Waals surface area contributed by atoms with Gasteiger partial charge in [0.15, 0.2) is 0 Å². The highest BCUT2D eigenvalue weighted by Gasteiger charge is 2.22. The summed E-state index contributed by atoms with van der Waals surface area (Å²) in [4.78, 5) is 24.6. The van der Waals surface area contributed by atoms with E-state index in [1.807, 2.05) is 31.2 Å². The molecule has 0 saturated carbocycles. The van der Waals surface area contributed by atoms with Crippen molar-refractivity contribution in [3.63, 3.8) is 0 Å². The molecule has 1 N–H and O–H groups in total. The number of cyclic esters (lactones) is 1. The third kappa shape index (κ3) is 4.93. The zero-order valence-electron chi connectivity index (χ0n) is 12.0. The first kappa shape index (κ1) is 15.6. The molecular formula is C15H19ClN2O3. The second kappa shape index (κ2) is 7.31. The topological polar surface area (TPSA) is 58.6 Å². The first-order valence-electron chi connectivity index (χ1n) is 7.00. The van der Waals surface area contributed by atoms with Crippen molar-refractivity contribution in [1.29, 1.82) is 0 Å². The minimum absolute atomic E-state index is 0.0153. The molecule has 1 aliphatic heterocycles. The molecule has 5 nitrogen and oxygen atoms in total. The number of benzene rings is 1. The molecule has 1 heterocycles. The number of amides is 2. The first-order valence-corrected chi connectivity index (χ1v) is 7.38. The Balaban J connectivity index is 1.73. The molecule has 1 atom stereocenters. The maximum Gasteiger partial charge on any atom is 0.409 e. The fraction of sp³-hybridized carbons (Fsp3) is 0.467. The third-order valence-corrected chi connectivity index (χ3v) is 3.53. The van der Waals surface area contributed by atoms with E-state index in [0.717, 1.165) is 12.0 Å². The van der Waals surface area contributed by atoms with Gasteiger partial charge in [-0.2, -0.15) is 0 Å². The fourth-order valence-electron chi connectivity index (χ4n) is 2.28. The van der Waals surface area contributed by atoms with Gasteiger partial charge in [-0.15, -0.1) is 0 Å². The zero-order valence-corrected chi connectivity index (χ0v) is 12.7. The Kier molecular flexibility index (Phi) is 5.44. The zero-order chi connectivity index (χ0) is 15.2. The van der Waals surface area contributed by atoms with Crippen LogP contribution >= 0.6 is 11.6 Å². The number of nitrogens with zero attached hydrogens (tertiary/aromatic N) is 1. The van der Waals surface area contributed by atoms with Gasteiger partial charge in [-0.25, -0.2) is 4.79 Å². The Hall–Kier alpha value is -1.75. The van der Waals surface area contributed by atoms with E-state index in [9.17, 15) is 9.59 Å². The number of carbonyl (C=O) groups is 2. The van der Waals surface area contributed by atoms with E-state index in [1.54, 1.807) is 4.90 Å². The van der Waals surface area contributed by atoms with Crippen LogP contribution in [0, 0.1) is 0 Å². The highest BCUT2D eigenvalue weighted by Crippen LogP contribution is 2.12. The third-order valence-electron chi connectivity index (χ3n) is 3.29. The van der Waals surface area contributed by atoms with Gasteiger partial charge in [-0.1, -0.05) is 23.7 Å². The van der Waals surface area contributed by atoms with Gasteiger partial charge in [-0.3, -0.25) is 4.79 Å². The fourth-order valence-corrected chi connectivity index (χ4v) is 2.49. The largest absolute Gasteiger partial charge is 0.448 e. The number of nitrogens with one attached hydrogen (secondary N) is 1. The molecule has 21 heavy (non-hydrogen) atoms. The Morgan fingerprint density at radius 1 is 1.52 bits per heavy atom. The molecular weight excluding hydrogens is 292 g/mol. The average Bonchev–Trinajstić information content (AvgIpc) is 2.81. The van der Waals surface area contributed by atoms with E-state index < -0.39 is 0 Å².